The van der Waals surface area contributed by atoms with Crippen molar-refractivity contribution < 1.29 is 29.0 Å². The van der Waals surface area contributed by atoms with Crippen LogP contribution in [0.1, 0.15) is 6.92 Å². The van der Waals surface area contributed by atoms with Crippen LogP contribution in [0.5, 0.6) is 0 Å². The number of aliphatic hydroxyl groups excluding tert-OH is 1. The monoisotopic (exact) mass is 421 g/mol. The summed E-state index contributed by atoms with van der Waals surface area (Å²) >= 11 is 0. The number of Topliss-reactive ketones (excluding diaryl/α,β-unsaturated/α-hetero) is 2. The minimum Gasteiger partial charge on any atom is -0.448 e. The third-order valence-electron chi connectivity index (χ3n) is 6.42. The van der Waals surface area contributed by atoms with Gasteiger partial charge in [-0.3, -0.25) is 14.6 Å². The quantitative estimate of drug-likeness (QED) is 0.251. The van der Waals surface area contributed by atoms with Crippen LogP contribution in [0.15, 0.2) is 16.3 Å². The van der Waals surface area contributed by atoms with Crippen molar-refractivity contribution in [3.05, 3.63) is 11.3 Å². The van der Waals surface area contributed by atoms with Gasteiger partial charge < -0.3 is 35.8 Å². The number of nitrogens with one attached hydrogen (secondary N) is 2. The number of hydrogen-bond donors (Lipinski definition) is 4. The number of primary amides is 1. The van der Waals surface area contributed by atoms with E-state index < -0.39 is 23.7 Å². The lowest BCUT2D eigenvalue weighted by Gasteiger charge is -2.39. The number of nitrogens with two attached hydrogens (primary N) is 1. The zero-order valence-electron chi connectivity index (χ0n) is 17.0. The Hall–Kier alpha value is -2.34. The van der Waals surface area contributed by atoms with E-state index >= 15 is 0 Å². The molecule has 5 unspecified atom stereocenters. The van der Waals surface area contributed by atoms with Crippen molar-refractivity contribution in [1.82, 2.24) is 15.5 Å². The summed E-state index contributed by atoms with van der Waals surface area (Å²) in [7, 11) is 1.55. The highest BCUT2D eigenvalue weighted by Crippen LogP contribution is 2.55. The molecule has 1 aliphatic carbocycles. The van der Waals surface area contributed by atoms with Crippen molar-refractivity contribution in [1.29, 1.82) is 0 Å². The van der Waals surface area contributed by atoms with Crippen molar-refractivity contribution in [3.63, 3.8) is 0 Å². The molecule has 1 amide bonds. The Kier molecular flexibility index (Phi) is 5.39. The van der Waals surface area contributed by atoms with Gasteiger partial charge in [0.15, 0.2) is 11.5 Å². The highest BCUT2D eigenvalue weighted by molar-refractivity contribution is 6.53. The predicted octanol–water partition coefficient (Wildman–Crippen LogP) is -2.22. The van der Waals surface area contributed by atoms with Gasteiger partial charge in [-0.05, 0) is 6.92 Å². The number of fused-ring (bicyclic) bond motifs is 4. The maximum Gasteiger partial charge on any atom is 0.404 e. The average molecular weight is 421 g/mol. The minimum atomic E-state index is -0.910. The largest absolute Gasteiger partial charge is 0.448 e. The zero-order chi connectivity index (χ0) is 21.6. The molecule has 0 radical (unpaired) electrons. The molecule has 2 fully saturated rings. The SMILES string of the molecule is COC12C(CO)C3=C(C(=O)C(C)C(=NCCNCCOC(N)=O)C3=O)N1CC1NC12. The Morgan fingerprint density at radius 3 is 2.87 bits per heavy atom. The molecule has 0 saturated carbocycles. The Morgan fingerprint density at radius 2 is 2.20 bits per heavy atom. The van der Waals surface area contributed by atoms with Crippen LogP contribution in [0.4, 0.5) is 4.79 Å². The molecule has 164 valence electrons. The van der Waals surface area contributed by atoms with Gasteiger partial charge in [0.1, 0.15) is 6.61 Å². The van der Waals surface area contributed by atoms with Crippen molar-refractivity contribution in [2.45, 2.75) is 24.7 Å². The number of ketones is 2. The van der Waals surface area contributed by atoms with Crippen molar-refractivity contribution in [3.8, 4) is 0 Å². The molecule has 5 N–H and O–H groups in total. The lowest BCUT2D eigenvalue weighted by Crippen LogP contribution is -2.54. The maximum absolute atomic E-state index is 13.3. The lowest BCUT2D eigenvalue weighted by atomic mass is 9.78. The maximum atomic E-state index is 13.3. The molecule has 0 bridgehead atoms. The molecule has 0 aromatic rings. The van der Waals surface area contributed by atoms with Crippen LogP contribution in [0.25, 0.3) is 0 Å². The number of piperazine rings is 1. The molecule has 0 aromatic carbocycles. The second-order valence-electron chi connectivity index (χ2n) is 7.91. The fourth-order valence-electron chi connectivity index (χ4n) is 5.05. The van der Waals surface area contributed by atoms with Crippen LogP contribution in [-0.2, 0) is 19.1 Å². The molecule has 11 heteroatoms. The van der Waals surface area contributed by atoms with Gasteiger partial charge in [-0.1, -0.05) is 0 Å². The highest BCUT2D eigenvalue weighted by Gasteiger charge is 2.72. The summed E-state index contributed by atoms with van der Waals surface area (Å²) in [5, 5.41) is 16.5. The summed E-state index contributed by atoms with van der Waals surface area (Å²) < 4.78 is 10.5. The van der Waals surface area contributed by atoms with E-state index in [0.29, 0.717) is 30.9 Å². The minimum absolute atomic E-state index is 0.0200. The van der Waals surface area contributed by atoms with Gasteiger partial charge in [-0.25, -0.2) is 4.79 Å². The molecule has 4 aliphatic rings. The van der Waals surface area contributed by atoms with Crippen molar-refractivity contribution in [2.75, 3.05) is 46.5 Å². The van der Waals surface area contributed by atoms with E-state index in [-0.39, 0.29) is 49.1 Å². The zero-order valence-corrected chi connectivity index (χ0v) is 17.0. The lowest BCUT2D eigenvalue weighted by molar-refractivity contribution is -0.138. The molecule has 0 spiro atoms. The topological polar surface area (TPSA) is 165 Å². The number of rotatable bonds is 8. The fourth-order valence-corrected chi connectivity index (χ4v) is 5.05. The molecule has 3 heterocycles. The van der Waals surface area contributed by atoms with Gasteiger partial charge in [0.25, 0.3) is 0 Å². The van der Waals surface area contributed by atoms with E-state index in [1.54, 1.807) is 14.0 Å². The molecular formula is C19H27N5O6. The van der Waals surface area contributed by atoms with E-state index in [1.165, 1.54) is 0 Å². The van der Waals surface area contributed by atoms with Gasteiger partial charge in [0.2, 0.25) is 5.78 Å². The molecule has 11 nitrogen and oxygen atoms in total. The van der Waals surface area contributed by atoms with Gasteiger partial charge in [-0.2, -0.15) is 0 Å². The smallest absolute Gasteiger partial charge is 0.404 e. The molecular weight excluding hydrogens is 394 g/mol. The number of aliphatic imine (C=N–C) groups is 1. The number of hydrogen-bond acceptors (Lipinski definition) is 10. The van der Waals surface area contributed by atoms with Gasteiger partial charge in [0.05, 0.1) is 42.4 Å². The summed E-state index contributed by atoms with van der Waals surface area (Å²) in [6.45, 7) is 3.23. The molecule has 30 heavy (non-hydrogen) atoms. The number of carbonyl (C=O) groups is 3. The number of ether oxygens (including phenoxy) is 2. The first kappa shape index (κ1) is 20.9. The Balaban J connectivity index is 1.51. The van der Waals surface area contributed by atoms with Crippen LogP contribution in [0, 0.1) is 11.8 Å². The number of nitrogens with zero attached hydrogens (tertiary/aromatic N) is 2. The first-order valence-electron chi connectivity index (χ1n) is 10.1. The van der Waals surface area contributed by atoms with Crippen LogP contribution in [0.3, 0.4) is 0 Å². The predicted molar refractivity (Wildman–Crippen MR) is 105 cm³/mol. The Morgan fingerprint density at radius 1 is 1.43 bits per heavy atom. The third kappa shape index (κ3) is 2.96. The first-order valence-corrected chi connectivity index (χ1v) is 10.1. The molecule has 4 rings (SSSR count). The van der Waals surface area contributed by atoms with Crippen LogP contribution >= 0.6 is 0 Å². The molecule has 5 atom stereocenters. The molecule has 0 aromatic heterocycles. The number of methoxy groups -OCH3 is 1. The standard InChI is InChI=1S/C19H27N5O6/c1-9-13(22-4-3-21-5-6-30-18(20)28)16(27)12-10(8-25)19(29-2)17-11(23-17)7-24(19)14(12)15(9)26/h9-11,17,21,23,25H,3-8H2,1-2H3,(H2,20,28). The average Bonchev–Trinajstić information content (AvgIpc) is 3.33. The van der Waals surface area contributed by atoms with Crippen LogP contribution < -0.4 is 16.4 Å². The van der Waals surface area contributed by atoms with E-state index in [2.05, 4.69) is 20.4 Å². The van der Waals surface area contributed by atoms with Gasteiger partial charge in [-0.15, -0.1) is 0 Å². The number of carbonyl (C=O) groups excluding carboxylic acids is 3. The first-order chi connectivity index (χ1) is 14.4. The van der Waals surface area contributed by atoms with E-state index in [1.807, 2.05) is 4.90 Å². The van der Waals surface area contributed by atoms with E-state index in [9.17, 15) is 19.5 Å². The third-order valence-corrected chi connectivity index (χ3v) is 6.42. The fraction of sp³-hybridized carbons (Fsp3) is 0.684. The van der Waals surface area contributed by atoms with E-state index in [4.69, 9.17) is 10.5 Å². The summed E-state index contributed by atoms with van der Waals surface area (Å²) in [5.74, 6) is -1.73. The Labute approximate surface area is 173 Å². The molecule has 2 saturated heterocycles. The van der Waals surface area contributed by atoms with E-state index in [0.717, 1.165) is 0 Å². The molecule has 3 aliphatic heterocycles. The number of allylic oxidation sites excluding steroid dienone is 1. The van der Waals surface area contributed by atoms with Gasteiger partial charge >= 0.3 is 6.09 Å². The summed E-state index contributed by atoms with van der Waals surface area (Å²) in [6, 6.07) is 0.180. The van der Waals surface area contributed by atoms with Gasteiger partial charge in [0, 0.05) is 38.4 Å². The van der Waals surface area contributed by atoms with Crippen molar-refractivity contribution in [2.24, 2.45) is 22.6 Å². The second-order valence-corrected chi connectivity index (χ2v) is 7.91. The number of aliphatic hydroxyl groups is 1. The summed E-state index contributed by atoms with van der Waals surface area (Å²) in [5.41, 5.74) is 4.88. The Bertz CT molecular complexity index is 841. The van der Waals surface area contributed by atoms with Crippen LogP contribution in [-0.4, -0.2) is 97.7 Å². The normalized spacial score (nSPS) is 35.6. The van der Waals surface area contributed by atoms with Crippen LogP contribution in [0.2, 0.25) is 0 Å². The van der Waals surface area contributed by atoms with Crippen molar-refractivity contribution >= 4 is 23.4 Å². The summed E-state index contributed by atoms with van der Waals surface area (Å²) in [4.78, 5) is 43.3. The summed E-state index contributed by atoms with van der Waals surface area (Å²) in [6.07, 6.45) is -0.835. The highest BCUT2D eigenvalue weighted by atomic mass is 16.5. The second kappa shape index (κ2) is 7.73. The number of amides is 1.